The zero-order chi connectivity index (χ0) is 14.8. The van der Waals surface area contributed by atoms with Crippen molar-refractivity contribution in [2.24, 2.45) is 5.92 Å². The van der Waals surface area contributed by atoms with Crippen molar-refractivity contribution in [2.75, 3.05) is 17.2 Å². The van der Waals surface area contributed by atoms with Gasteiger partial charge in [-0.15, -0.1) is 0 Å². The molecule has 0 aliphatic carbocycles. The van der Waals surface area contributed by atoms with E-state index in [2.05, 4.69) is 22.9 Å². The normalized spacial score (nSPS) is 24.9. The van der Waals surface area contributed by atoms with Gasteiger partial charge in [-0.1, -0.05) is 6.07 Å². The molecule has 2 aliphatic rings. The summed E-state index contributed by atoms with van der Waals surface area (Å²) in [4.78, 5) is 23.8. The summed E-state index contributed by atoms with van der Waals surface area (Å²) in [6.45, 7) is 2.99. The fourth-order valence-corrected chi connectivity index (χ4v) is 3.06. The zero-order valence-corrected chi connectivity index (χ0v) is 12.2. The summed E-state index contributed by atoms with van der Waals surface area (Å²) in [5, 5.41) is 9.19. The summed E-state index contributed by atoms with van der Waals surface area (Å²) in [5.41, 5.74) is 2.71. The van der Waals surface area contributed by atoms with Crippen molar-refractivity contribution in [1.29, 1.82) is 0 Å². The number of fused-ring (bicyclic) bond motifs is 1. The third kappa shape index (κ3) is 3.24. The summed E-state index contributed by atoms with van der Waals surface area (Å²) in [7, 11) is 0. The molecule has 112 valence electrons. The van der Waals surface area contributed by atoms with Gasteiger partial charge >= 0.3 is 0 Å². The molecule has 3 rings (SSSR count). The van der Waals surface area contributed by atoms with Crippen LogP contribution in [0.25, 0.3) is 0 Å². The Kier molecular flexibility index (Phi) is 3.92. The molecule has 1 aromatic rings. The first kappa shape index (κ1) is 14.1. The maximum Gasteiger partial charge on any atom is 0.227 e. The van der Waals surface area contributed by atoms with E-state index in [0.29, 0.717) is 12.5 Å². The Hall–Kier alpha value is -1.88. The molecule has 0 aromatic heterocycles. The Morgan fingerprint density at radius 3 is 3.00 bits per heavy atom. The predicted molar refractivity (Wildman–Crippen MR) is 82.2 cm³/mol. The largest absolute Gasteiger partial charge is 0.326 e. The molecule has 0 spiro atoms. The maximum atomic E-state index is 12.3. The molecule has 0 bridgehead atoms. The van der Waals surface area contributed by atoms with Crippen LogP contribution in [0.15, 0.2) is 18.2 Å². The highest BCUT2D eigenvalue weighted by Gasteiger charge is 2.25. The third-order valence-electron chi connectivity index (χ3n) is 4.27. The maximum absolute atomic E-state index is 12.3. The van der Waals surface area contributed by atoms with Gasteiger partial charge in [-0.3, -0.25) is 9.59 Å². The minimum atomic E-state index is 0.0400. The van der Waals surface area contributed by atoms with E-state index in [1.54, 1.807) is 0 Å². The van der Waals surface area contributed by atoms with Crippen LogP contribution in [0, 0.1) is 5.92 Å². The quantitative estimate of drug-likeness (QED) is 0.778. The number of carbonyl (C=O) groups is 2. The fourth-order valence-electron chi connectivity index (χ4n) is 3.06. The smallest absolute Gasteiger partial charge is 0.227 e. The van der Waals surface area contributed by atoms with Gasteiger partial charge in [-0.05, 0) is 50.4 Å². The highest BCUT2D eigenvalue weighted by molar-refractivity contribution is 5.97. The minimum Gasteiger partial charge on any atom is -0.326 e. The van der Waals surface area contributed by atoms with Gasteiger partial charge in [0.25, 0.3) is 0 Å². The van der Waals surface area contributed by atoms with Crippen molar-refractivity contribution in [3.63, 3.8) is 0 Å². The lowest BCUT2D eigenvalue weighted by Gasteiger charge is -2.27. The lowest BCUT2D eigenvalue weighted by atomic mass is 9.92. The molecule has 0 radical (unpaired) electrons. The van der Waals surface area contributed by atoms with Crippen LogP contribution in [0.1, 0.15) is 31.7 Å². The van der Waals surface area contributed by atoms with E-state index < -0.39 is 0 Å². The van der Waals surface area contributed by atoms with Crippen molar-refractivity contribution < 1.29 is 9.59 Å². The van der Waals surface area contributed by atoms with Crippen molar-refractivity contribution >= 4 is 23.2 Å². The van der Waals surface area contributed by atoms with Crippen LogP contribution in [-0.4, -0.2) is 24.4 Å². The SMILES string of the molecule is C[C@H]1C[C@@H](C(=O)Nc2ccc3c(c2)NC(=O)CC3)CCN1. The molecule has 2 aliphatic heterocycles. The number of anilines is 2. The number of hydrogen-bond donors (Lipinski definition) is 3. The van der Waals surface area contributed by atoms with E-state index in [9.17, 15) is 9.59 Å². The van der Waals surface area contributed by atoms with Gasteiger partial charge in [0.2, 0.25) is 11.8 Å². The van der Waals surface area contributed by atoms with Gasteiger partial charge in [-0.25, -0.2) is 0 Å². The molecule has 1 aromatic carbocycles. The van der Waals surface area contributed by atoms with E-state index >= 15 is 0 Å². The number of nitrogens with one attached hydrogen (secondary N) is 3. The molecule has 3 N–H and O–H groups in total. The van der Waals surface area contributed by atoms with Crippen LogP contribution in [0.4, 0.5) is 11.4 Å². The van der Waals surface area contributed by atoms with E-state index in [0.717, 1.165) is 42.7 Å². The van der Waals surface area contributed by atoms with E-state index in [-0.39, 0.29) is 17.7 Å². The molecule has 1 saturated heterocycles. The number of rotatable bonds is 2. The lowest BCUT2D eigenvalue weighted by molar-refractivity contribution is -0.121. The number of carbonyl (C=O) groups excluding carboxylic acids is 2. The second kappa shape index (κ2) is 5.85. The monoisotopic (exact) mass is 287 g/mol. The van der Waals surface area contributed by atoms with Crippen LogP contribution in [0.3, 0.4) is 0 Å². The van der Waals surface area contributed by atoms with Crippen molar-refractivity contribution in [1.82, 2.24) is 5.32 Å². The van der Waals surface area contributed by atoms with E-state index in [1.165, 1.54) is 0 Å². The summed E-state index contributed by atoms with van der Waals surface area (Å²) in [5.74, 6) is 0.176. The second-order valence-electron chi connectivity index (χ2n) is 5.99. The van der Waals surface area contributed by atoms with Gasteiger partial charge in [0.05, 0.1) is 0 Å². The van der Waals surface area contributed by atoms with Crippen LogP contribution < -0.4 is 16.0 Å². The Bertz CT molecular complexity index is 571. The molecule has 21 heavy (non-hydrogen) atoms. The molecular formula is C16H21N3O2. The van der Waals surface area contributed by atoms with Crippen molar-refractivity contribution in [3.8, 4) is 0 Å². The minimum absolute atomic E-state index is 0.0400. The predicted octanol–water partition coefficient (Wildman–Crippen LogP) is 1.90. The lowest BCUT2D eigenvalue weighted by Crippen LogP contribution is -2.40. The number of hydrogen-bond acceptors (Lipinski definition) is 3. The first-order valence-corrected chi connectivity index (χ1v) is 7.59. The first-order chi connectivity index (χ1) is 10.1. The number of benzene rings is 1. The summed E-state index contributed by atoms with van der Waals surface area (Å²) in [6.07, 6.45) is 3.04. The molecule has 2 atom stereocenters. The van der Waals surface area contributed by atoms with Gasteiger partial charge < -0.3 is 16.0 Å². The topological polar surface area (TPSA) is 70.2 Å². The zero-order valence-electron chi connectivity index (χ0n) is 12.2. The second-order valence-corrected chi connectivity index (χ2v) is 5.99. The Labute approximate surface area is 124 Å². The Morgan fingerprint density at radius 2 is 2.19 bits per heavy atom. The summed E-state index contributed by atoms with van der Waals surface area (Å²) >= 11 is 0. The van der Waals surface area contributed by atoms with Gasteiger partial charge in [0.1, 0.15) is 0 Å². The number of aryl methyl sites for hydroxylation is 1. The fraction of sp³-hybridized carbons (Fsp3) is 0.500. The van der Waals surface area contributed by atoms with E-state index in [1.807, 2.05) is 18.2 Å². The standard InChI is InChI=1S/C16H21N3O2/c1-10-8-12(6-7-17-10)16(21)18-13-4-2-11-3-5-15(20)19-14(11)9-13/h2,4,9-10,12,17H,3,5-8H2,1H3,(H,18,21)(H,19,20)/t10-,12-/m0/s1. The first-order valence-electron chi connectivity index (χ1n) is 7.59. The highest BCUT2D eigenvalue weighted by Crippen LogP contribution is 2.27. The van der Waals surface area contributed by atoms with Crippen LogP contribution >= 0.6 is 0 Å². The van der Waals surface area contributed by atoms with Crippen molar-refractivity contribution in [2.45, 2.75) is 38.6 Å². The Morgan fingerprint density at radius 1 is 1.33 bits per heavy atom. The van der Waals surface area contributed by atoms with Crippen LogP contribution in [-0.2, 0) is 16.0 Å². The summed E-state index contributed by atoms with van der Waals surface area (Å²) < 4.78 is 0. The molecule has 1 fully saturated rings. The number of amides is 2. The molecule has 5 heteroatoms. The van der Waals surface area contributed by atoms with Gasteiger partial charge in [0.15, 0.2) is 0 Å². The molecule has 2 heterocycles. The highest BCUT2D eigenvalue weighted by atomic mass is 16.2. The molecule has 5 nitrogen and oxygen atoms in total. The van der Waals surface area contributed by atoms with Gasteiger partial charge in [-0.2, -0.15) is 0 Å². The Balaban J connectivity index is 1.68. The summed E-state index contributed by atoms with van der Waals surface area (Å²) in [6, 6.07) is 6.14. The van der Waals surface area contributed by atoms with Gasteiger partial charge in [0, 0.05) is 29.8 Å². The average Bonchev–Trinajstić information content (AvgIpc) is 2.46. The van der Waals surface area contributed by atoms with Crippen LogP contribution in [0.2, 0.25) is 0 Å². The molecule has 0 unspecified atom stereocenters. The van der Waals surface area contributed by atoms with Crippen LogP contribution in [0.5, 0.6) is 0 Å². The average molecular weight is 287 g/mol. The molecule has 0 saturated carbocycles. The van der Waals surface area contributed by atoms with E-state index in [4.69, 9.17) is 0 Å². The number of piperidine rings is 1. The molecular weight excluding hydrogens is 266 g/mol. The third-order valence-corrected chi connectivity index (χ3v) is 4.27. The van der Waals surface area contributed by atoms with Crippen molar-refractivity contribution in [3.05, 3.63) is 23.8 Å². The molecule has 2 amide bonds.